The molecule has 0 spiro atoms. The SMILES string of the molecule is C=N/C(=N\C=C(/C)CC)N1CCC(COc2ccc(C3=CCC(C(=O)N4CCC(CO)CC4)CC3)c(F)c2)CC1. The van der Waals surface area contributed by atoms with E-state index in [1.165, 1.54) is 11.6 Å². The van der Waals surface area contributed by atoms with Gasteiger partial charge in [0.2, 0.25) is 11.9 Å². The monoisotopic (exact) mass is 552 g/mol. The van der Waals surface area contributed by atoms with E-state index in [9.17, 15) is 9.90 Å². The predicted octanol–water partition coefficient (Wildman–Crippen LogP) is 5.70. The fraction of sp³-hybridized carbons (Fsp3) is 0.594. The molecule has 0 bridgehead atoms. The van der Waals surface area contributed by atoms with Crippen LogP contribution in [0.2, 0.25) is 0 Å². The summed E-state index contributed by atoms with van der Waals surface area (Å²) in [6, 6.07) is 5.15. The fourth-order valence-electron chi connectivity index (χ4n) is 5.74. The fourth-order valence-corrected chi connectivity index (χ4v) is 5.74. The Kier molecular flexibility index (Phi) is 10.9. The second kappa shape index (κ2) is 14.6. The van der Waals surface area contributed by atoms with Crippen LogP contribution < -0.4 is 4.74 Å². The van der Waals surface area contributed by atoms with Crippen molar-refractivity contribution in [2.24, 2.45) is 27.7 Å². The van der Waals surface area contributed by atoms with Crippen molar-refractivity contribution in [2.45, 2.75) is 65.2 Å². The second-order valence-corrected chi connectivity index (χ2v) is 11.5. The summed E-state index contributed by atoms with van der Waals surface area (Å²) < 4.78 is 21.1. The standard InChI is InChI=1S/C32H45FN4O3/c1-4-23(2)20-35-32(34-3)37-17-13-25(14-18-37)22-40-28-9-10-29(30(33)19-28)26-5-7-27(8-6-26)31(39)36-15-11-24(21-38)12-16-36/h5,9-10,19-20,24-25,27,38H,3-4,6-8,11-18,21-22H2,1-2H3/b23-20+,35-32+. The Morgan fingerprint density at radius 3 is 2.42 bits per heavy atom. The average Bonchev–Trinajstić information content (AvgIpc) is 3.00. The van der Waals surface area contributed by atoms with Crippen molar-refractivity contribution >= 4 is 24.2 Å². The predicted molar refractivity (Wildman–Crippen MR) is 159 cm³/mol. The minimum Gasteiger partial charge on any atom is -0.493 e. The topological polar surface area (TPSA) is 77.7 Å². The van der Waals surface area contributed by atoms with E-state index in [-0.39, 0.29) is 24.2 Å². The molecular formula is C32H45FN4O3. The molecule has 2 aliphatic heterocycles. The summed E-state index contributed by atoms with van der Waals surface area (Å²) in [6.07, 6.45) is 10.6. The number of ether oxygens (including phenoxy) is 1. The van der Waals surface area contributed by atoms with Crippen molar-refractivity contribution in [3.8, 4) is 5.75 Å². The lowest BCUT2D eigenvalue weighted by Crippen LogP contribution is -2.42. The van der Waals surface area contributed by atoms with Crippen LogP contribution in [0.1, 0.15) is 70.8 Å². The van der Waals surface area contributed by atoms with Gasteiger partial charge in [-0.1, -0.05) is 18.6 Å². The van der Waals surface area contributed by atoms with Crippen LogP contribution in [-0.4, -0.2) is 72.9 Å². The number of hydrogen-bond donors (Lipinski definition) is 1. The van der Waals surface area contributed by atoms with Crippen LogP contribution in [-0.2, 0) is 4.79 Å². The summed E-state index contributed by atoms with van der Waals surface area (Å²) in [7, 11) is 0. The van der Waals surface area contributed by atoms with Gasteiger partial charge in [0.05, 0.1) is 6.61 Å². The number of halogens is 1. The summed E-state index contributed by atoms with van der Waals surface area (Å²) >= 11 is 0. The number of likely N-dealkylation sites (tertiary alicyclic amines) is 2. The highest BCUT2D eigenvalue weighted by atomic mass is 19.1. The molecule has 1 N–H and O–H groups in total. The Labute approximate surface area is 238 Å². The molecule has 8 heteroatoms. The molecule has 2 heterocycles. The molecule has 3 aliphatic rings. The van der Waals surface area contributed by atoms with Crippen LogP contribution in [0.4, 0.5) is 4.39 Å². The Hall–Kier alpha value is -3.00. The molecule has 0 radical (unpaired) electrons. The zero-order chi connectivity index (χ0) is 28.5. The summed E-state index contributed by atoms with van der Waals surface area (Å²) in [5.74, 6) is 1.82. The molecule has 2 saturated heterocycles. The number of guanidine groups is 1. The van der Waals surface area contributed by atoms with Gasteiger partial charge >= 0.3 is 0 Å². The van der Waals surface area contributed by atoms with Gasteiger partial charge in [-0.2, -0.15) is 0 Å². The number of carbonyl (C=O) groups excluding carboxylic acids is 1. The van der Waals surface area contributed by atoms with Gasteiger partial charge in [0.1, 0.15) is 11.6 Å². The number of aliphatic hydroxyl groups excluding tert-OH is 1. The number of aliphatic imine (C=N–C) groups is 2. The van der Waals surface area contributed by atoms with Crippen LogP contribution >= 0.6 is 0 Å². The molecule has 0 saturated carbocycles. The van der Waals surface area contributed by atoms with Crippen LogP contribution in [0.3, 0.4) is 0 Å². The molecule has 1 atom stereocenters. The van der Waals surface area contributed by atoms with Crippen molar-refractivity contribution in [3.05, 3.63) is 47.4 Å². The lowest BCUT2D eigenvalue weighted by Gasteiger charge is -2.34. The molecular weight excluding hydrogens is 507 g/mol. The van der Waals surface area contributed by atoms with Gasteiger partial charge in [-0.15, -0.1) is 0 Å². The minimum atomic E-state index is -0.275. The van der Waals surface area contributed by atoms with Crippen LogP contribution in [0, 0.1) is 23.6 Å². The number of amides is 1. The van der Waals surface area contributed by atoms with Gasteiger partial charge in [0.15, 0.2) is 0 Å². The van der Waals surface area contributed by atoms with E-state index >= 15 is 4.39 Å². The molecule has 1 aromatic rings. The number of benzene rings is 1. The summed E-state index contributed by atoms with van der Waals surface area (Å²) in [5.41, 5.74) is 2.77. The van der Waals surface area contributed by atoms with E-state index in [0.717, 1.165) is 70.3 Å². The number of hydrogen-bond acceptors (Lipinski definition) is 4. The van der Waals surface area contributed by atoms with Gasteiger partial charge in [0, 0.05) is 56.5 Å². The second-order valence-electron chi connectivity index (χ2n) is 11.5. The van der Waals surface area contributed by atoms with Crippen molar-refractivity contribution in [3.63, 3.8) is 0 Å². The van der Waals surface area contributed by atoms with Crippen molar-refractivity contribution in [1.29, 1.82) is 0 Å². The van der Waals surface area contributed by atoms with Crippen molar-refractivity contribution < 1.29 is 19.0 Å². The van der Waals surface area contributed by atoms with E-state index in [4.69, 9.17) is 4.74 Å². The summed E-state index contributed by atoms with van der Waals surface area (Å²) in [6.45, 7) is 11.7. The number of carbonyl (C=O) groups is 1. The number of rotatable bonds is 8. The number of allylic oxidation sites excluding steroid dienone is 3. The Balaban J connectivity index is 1.25. The van der Waals surface area contributed by atoms with Gasteiger partial charge in [0.25, 0.3) is 0 Å². The first-order valence-corrected chi connectivity index (χ1v) is 14.9. The highest BCUT2D eigenvalue weighted by Gasteiger charge is 2.30. The van der Waals surface area contributed by atoms with Gasteiger partial charge in [-0.05, 0) is 94.5 Å². The highest BCUT2D eigenvalue weighted by molar-refractivity contribution is 5.84. The van der Waals surface area contributed by atoms with Gasteiger partial charge in [-0.3, -0.25) is 4.79 Å². The van der Waals surface area contributed by atoms with Crippen LogP contribution in [0.15, 0.2) is 46.0 Å². The van der Waals surface area contributed by atoms with Crippen LogP contribution in [0.5, 0.6) is 5.75 Å². The number of aliphatic hydroxyl groups is 1. The van der Waals surface area contributed by atoms with E-state index in [2.05, 4.69) is 35.4 Å². The molecule has 2 fully saturated rings. The maximum Gasteiger partial charge on any atom is 0.226 e. The molecule has 4 rings (SSSR count). The maximum absolute atomic E-state index is 15.1. The molecule has 40 heavy (non-hydrogen) atoms. The van der Waals surface area contributed by atoms with E-state index < -0.39 is 0 Å². The van der Waals surface area contributed by atoms with Crippen LogP contribution in [0.25, 0.3) is 5.57 Å². The first kappa shape index (κ1) is 30.0. The zero-order valence-electron chi connectivity index (χ0n) is 24.2. The quantitative estimate of drug-likeness (QED) is 0.332. The third-order valence-electron chi connectivity index (χ3n) is 8.71. The lowest BCUT2D eigenvalue weighted by molar-refractivity contribution is -0.137. The first-order valence-electron chi connectivity index (χ1n) is 14.9. The molecule has 1 aromatic carbocycles. The average molecular weight is 553 g/mol. The van der Waals surface area contributed by atoms with E-state index in [0.29, 0.717) is 48.6 Å². The molecule has 218 valence electrons. The number of nitrogens with zero attached hydrogens (tertiary/aromatic N) is 4. The zero-order valence-corrected chi connectivity index (χ0v) is 24.2. The third-order valence-corrected chi connectivity index (χ3v) is 8.71. The molecule has 0 aromatic heterocycles. The Bertz CT molecular complexity index is 1120. The van der Waals surface area contributed by atoms with E-state index in [1.54, 1.807) is 0 Å². The molecule has 1 unspecified atom stereocenters. The summed E-state index contributed by atoms with van der Waals surface area (Å²) in [4.78, 5) is 25.7. The molecule has 1 amide bonds. The third kappa shape index (κ3) is 7.80. The normalized spacial score (nSPS) is 21.8. The van der Waals surface area contributed by atoms with Crippen molar-refractivity contribution in [1.82, 2.24) is 9.80 Å². The first-order chi connectivity index (χ1) is 19.4. The largest absolute Gasteiger partial charge is 0.493 e. The van der Waals surface area contributed by atoms with Gasteiger partial charge < -0.3 is 19.6 Å². The van der Waals surface area contributed by atoms with Gasteiger partial charge in [-0.25, -0.2) is 14.4 Å². The lowest BCUT2D eigenvalue weighted by atomic mass is 9.85. The molecule has 7 nitrogen and oxygen atoms in total. The number of piperidine rings is 2. The van der Waals surface area contributed by atoms with E-state index in [1.807, 2.05) is 29.3 Å². The highest BCUT2D eigenvalue weighted by Crippen LogP contribution is 2.34. The Morgan fingerprint density at radius 1 is 1.12 bits per heavy atom. The minimum absolute atomic E-state index is 0.0342. The Morgan fingerprint density at radius 2 is 1.82 bits per heavy atom. The van der Waals surface area contributed by atoms with Crippen molar-refractivity contribution in [2.75, 3.05) is 39.4 Å². The maximum atomic E-state index is 15.1. The molecule has 1 aliphatic carbocycles. The summed E-state index contributed by atoms with van der Waals surface area (Å²) in [5, 5.41) is 9.34. The smallest absolute Gasteiger partial charge is 0.226 e.